The van der Waals surface area contributed by atoms with Crippen LogP contribution in [0.4, 0.5) is 4.39 Å². The van der Waals surface area contributed by atoms with Crippen molar-refractivity contribution < 1.29 is 17.5 Å². The zero-order chi connectivity index (χ0) is 17.6. The first kappa shape index (κ1) is 18.9. The number of allylic oxidation sites excluding steroid dienone is 1. The summed E-state index contributed by atoms with van der Waals surface area (Å²) in [6.07, 6.45) is 9.09. The number of halogens is 1. The van der Waals surface area contributed by atoms with Crippen LogP contribution >= 0.6 is 0 Å². The predicted octanol–water partition coefficient (Wildman–Crippen LogP) is 4.03. The number of hydrogen-bond donors (Lipinski definition) is 1. The second-order valence-corrected chi connectivity index (χ2v) is 8.04. The van der Waals surface area contributed by atoms with Crippen molar-refractivity contribution >= 4 is 10.0 Å². The van der Waals surface area contributed by atoms with Gasteiger partial charge in [0.2, 0.25) is 10.0 Å². The van der Waals surface area contributed by atoms with Crippen LogP contribution in [0.1, 0.15) is 46.0 Å². The van der Waals surface area contributed by atoms with Crippen LogP contribution in [0.2, 0.25) is 0 Å². The maximum atomic E-state index is 13.8. The molecule has 0 aliphatic heterocycles. The van der Waals surface area contributed by atoms with Gasteiger partial charge in [-0.25, -0.2) is 17.5 Å². The third-order valence-corrected chi connectivity index (χ3v) is 5.43. The maximum Gasteiger partial charge on any atom is 0.241 e. The van der Waals surface area contributed by atoms with Gasteiger partial charge >= 0.3 is 0 Å². The van der Waals surface area contributed by atoms with Gasteiger partial charge in [-0.15, -0.1) is 0 Å². The number of sulfonamides is 1. The molecule has 1 fully saturated rings. The van der Waals surface area contributed by atoms with E-state index < -0.39 is 15.8 Å². The van der Waals surface area contributed by atoms with Crippen LogP contribution < -0.4 is 9.46 Å². The lowest BCUT2D eigenvalue weighted by atomic mass is 10.2. The fraction of sp³-hybridized carbons (Fsp3) is 0.556. The number of benzene rings is 1. The Hall–Kier alpha value is -1.40. The van der Waals surface area contributed by atoms with Gasteiger partial charge in [-0.3, -0.25) is 0 Å². The highest BCUT2D eigenvalue weighted by atomic mass is 32.2. The Morgan fingerprint density at radius 3 is 2.83 bits per heavy atom. The topological polar surface area (TPSA) is 55.4 Å². The normalized spacial score (nSPS) is 16.5. The molecule has 0 saturated heterocycles. The van der Waals surface area contributed by atoms with Crippen LogP contribution in [-0.4, -0.2) is 21.1 Å². The molecule has 2 rings (SSSR count). The first-order valence-corrected chi connectivity index (χ1v) is 10.0. The number of unbranched alkanes of at least 4 members (excludes halogenated alkanes) is 2. The van der Waals surface area contributed by atoms with Crippen molar-refractivity contribution in [2.24, 2.45) is 5.92 Å². The zero-order valence-electron chi connectivity index (χ0n) is 14.3. The van der Waals surface area contributed by atoms with Crippen molar-refractivity contribution in [3.8, 4) is 5.75 Å². The van der Waals surface area contributed by atoms with E-state index in [4.69, 9.17) is 4.74 Å². The second kappa shape index (κ2) is 8.62. The second-order valence-electron chi connectivity index (χ2n) is 6.33. The number of rotatable bonds is 10. The summed E-state index contributed by atoms with van der Waals surface area (Å²) in [7, 11) is -3.71. The highest BCUT2D eigenvalue weighted by molar-refractivity contribution is 7.89. The highest BCUT2D eigenvalue weighted by Crippen LogP contribution is 2.30. The lowest BCUT2D eigenvalue weighted by Crippen LogP contribution is -2.31. The summed E-state index contributed by atoms with van der Waals surface area (Å²) in [5, 5.41) is 0. The van der Waals surface area contributed by atoms with Crippen molar-refractivity contribution in [1.82, 2.24) is 4.72 Å². The summed E-state index contributed by atoms with van der Waals surface area (Å²) in [6, 6.07) is 3.33. The molecule has 0 radical (unpaired) electrons. The van der Waals surface area contributed by atoms with E-state index in [0.29, 0.717) is 12.5 Å². The van der Waals surface area contributed by atoms with Gasteiger partial charge in [0.05, 0.1) is 11.5 Å². The van der Waals surface area contributed by atoms with Crippen molar-refractivity contribution in [2.45, 2.75) is 56.9 Å². The molecule has 0 unspecified atom stereocenters. The molecule has 0 spiro atoms. The molecule has 1 aromatic rings. The molecule has 1 aliphatic rings. The van der Waals surface area contributed by atoms with E-state index in [0.717, 1.165) is 38.2 Å². The van der Waals surface area contributed by atoms with Gasteiger partial charge in [0.25, 0.3) is 0 Å². The molecule has 6 heteroatoms. The molecule has 24 heavy (non-hydrogen) atoms. The van der Waals surface area contributed by atoms with E-state index in [9.17, 15) is 12.8 Å². The molecule has 0 bridgehead atoms. The number of hydrogen-bond acceptors (Lipinski definition) is 3. The summed E-state index contributed by atoms with van der Waals surface area (Å²) in [4.78, 5) is 0.0171. The van der Waals surface area contributed by atoms with E-state index in [1.165, 1.54) is 12.1 Å². The van der Waals surface area contributed by atoms with E-state index in [-0.39, 0.29) is 16.7 Å². The summed E-state index contributed by atoms with van der Waals surface area (Å²) < 4.78 is 46.6. The van der Waals surface area contributed by atoms with Crippen LogP contribution in [0, 0.1) is 11.7 Å². The standard InChI is InChI=1S/C18H26FNO3S/c1-3-4-5-6-7-14(2)20-24(21,22)16-10-11-17(19)18(12-16)23-13-15-8-9-15/h6-7,10-12,14-15,20H,3-5,8-9,13H2,1-2H3/b7-6+/t14-/m0/s1. The quantitative estimate of drug-likeness (QED) is 0.509. The molecular formula is C18H26FNO3S. The largest absolute Gasteiger partial charge is 0.490 e. The van der Waals surface area contributed by atoms with Crippen molar-refractivity contribution in [3.63, 3.8) is 0 Å². The van der Waals surface area contributed by atoms with Crippen LogP contribution in [0.3, 0.4) is 0 Å². The molecule has 4 nitrogen and oxygen atoms in total. The van der Waals surface area contributed by atoms with Crippen LogP contribution in [0.15, 0.2) is 35.2 Å². The minimum absolute atomic E-state index is 0.00378. The molecule has 0 aromatic heterocycles. The Labute approximate surface area is 144 Å². The fourth-order valence-corrected chi connectivity index (χ4v) is 3.44. The molecule has 1 aliphatic carbocycles. The third-order valence-electron chi connectivity index (χ3n) is 3.87. The van der Waals surface area contributed by atoms with E-state index >= 15 is 0 Å². The van der Waals surface area contributed by atoms with Crippen molar-refractivity contribution in [2.75, 3.05) is 6.61 Å². The molecule has 0 heterocycles. The Morgan fingerprint density at radius 1 is 1.42 bits per heavy atom. The lowest BCUT2D eigenvalue weighted by Gasteiger charge is -2.13. The van der Waals surface area contributed by atoms with Gasteiger partial charge in [0.1, 0.15) is 0 Å². The van der Waals surface area contributed by atoms with Gasteiger partial charge in [-0.1, -0.05) is 31.9 Å². The highest BCUT2D eigenvalue weighted by Gasteiger charge is 2.23. The Kier molecular flexibility index (Phi) is 6.80. The fourth-order valence-electron chi connectivity index (χ4n) is 2.23. The first-order valence-electron chi connectivity index (χ1n) is 8.53. The van der Waals surface area contributed by atoms with Gasteiger partial charge in [0, 0.05) is 12.1 Å². The Morgan fingerprint density at radius 2 is 2.17 bits per heavy atom. The molecule has 1 atom stereocenters. The number of nitrogens with one attached hydrogen (secondary N) is 1. The van der Waals surface area contributed by atoms with E-state index in [1.807, 2.05) is 12.2 Å². The van der Waals surface area contributed by atoms with Gasteiger partial charge in [0.15, 0.2) is 11.6 Å². The summed E-state index contributed by atoms with van der Waals surface area (Å²) in [5.41, 5.74) is 0. The molecule has 0 amide bonds. The van der Waals surface area contributed by atoms with E-state index in [2.05, 4.69) is 11.6 Å². The smallest absolute Gasteiger partial charge is 0.241 e. The van der Waals surface area contributed by atoms with E-state index in [1.54, 1.807) is 6.92 Å². The van der Waals surface area contributed by atoms with Crippen LogP contribution in [0.25, 0.3) is 0 Å². The zero-order valence-corrected chi connectivity index (χ0v) is 15.1. The molecule has 134 valence electrons. The van der Waals surface area contributed by atoms with Crippen molar-refractivity contribution in [1.29, 1.82) is 0 Å². The molecule has 1 N–H and O–H groups in total. The van der Waals surface area contributed by atoms with Crippen LogP contribution in [-0.2, 0) is 10.0 Å². The SMILES string of the molecule is CCCC/C=C/[C@H](C)NS(=O)(=O)c1ccc(F)c(OCC2CC2)c1. The average Bonchev–Trinajstić information content (AvgIpc) is 3.34. The van der Waals surface area contributed by atoms with Gasteiger partial charge in [-0.05, 0) is 44.2 Å². The Bertz CT molecular complexity index is 669. The van der Waals surface area contributed by atoms with Crippen LogP contribution in [0.5, 0.6) is 5.75 Å². The molecule has 1 saturated carbocycles. The molecule has 1 aromatic carbocycles. The summed E-state index contributed by atoms with van der Waals surface area (Å²) >= 11 is 0. The summed E-state index contributed by atoms with van der Waals surface area (Å²) in [6.45, 7) is 4.32. The minimum atomic E-state index is -3.71. The Balaban J connectivity index is 2.01. The predicted molar refractivity (Wildman–Crippen MR) is 93.1 cm³/mol. The third kappa shape index (κ3) is 5.91. The molecular weight excluding hydrogens is 329 g/mol. The average molecular weight is 355 g/mol. The lowest BCUT2D eigenvalue weighted by molar-refractivity contribution is 0.284. The summed E-state index contributed by atoms with van der Waals surface area (Å²) in [5.74, 6) is -0.0749. The van der Waals surface area contributed by atoms with Gasteiger partial charge < -0.3 is 4.74 Å². The van der Waals surface area contributed by atoms with Crippen molar-refractivity contribution in [3.05, 3.63) is 36.2 Å². The van der Waals surface area contributed by atoms with Gasteiger partial charge in [-0.2, -0.15) is 0 Å². The maximum absolute atomic E-state index is 13.8. The monoisotopic (exact) mass is 355 g/mol. The first-order chi connectivity index (χ1) is 11.4. The minimum Gasteiger partial charge on any atom is -0.490 e. The number of ether oxygens (including phenoxy) is 1.